The van der Waals surface area contributed by atoms with Gasteiger partial charge in [0, 0.05) is 32.4 Å². The lowest BCUT2D eigenvalue weighted by Gasteiger charge is -2.12. The van der Waals surface area contributed by atoms with Crippen molar-refractivity contribution in [2.75, 3.05) is 14.2 Å². The molecule has 0 aliphatic carbocycles. The summed E-state index contributed by atoms with van der Waals surface area (Å²) in [6.07, 6.45) is 3.30. The molecule has 0 unspecified atom stereocenters. The summed E-state index contributed by atoms with van der Waals surface area (Å²) in [6, 6.07) is 0. The molecule has 0 radical (unpaired) electrons. The van der Waals surface area contributed by atoms with Crippen LogP contribution in [0.4, 0.5) is 0 Å². The van der Waals surface area contributed by atoms with Crippen LogP contribution < -0.4 is 0 Å². The minimum absolute atomic E-state index is 0.302. The monoisotopic (exact) mass is 202 g/mol. The Bertz CT molecular complexity index is 266. The standard InChI is InChI=1S/C8H11ClN2O2/c1-12-7(13-2)3-6-4-10-5-11-8(6)9/h4-5,7H,3H2,1-2H3. The highest BCUT2D eigenvalue weighted by Gasteiger charge is 2.09. The first-order valence-electron chi connectivity index (χ1n) is 3.78. The van der Waals surface area contributed by atoms with Crippen LogP contribution in [0.5, 0.6) is 0 Å². The van der Waals surface area contributed by atoms with Crippen molar-refractivity contribution in [1.29, 1.82) is 0 Å². The molecule has 1 rings (SSSR count). The second-order valence-corrected chi connectivity index (χ2v) is 2.80. The molecule has 0 aromatic carbocycles. The van der Waals surface area contributed by atoms with E-state index in [-0.39, 0.29) is 6.29 Å². The van der Waals surface area contributed by atoms with Gasteiger partial charge in [-0.2, -0.15) is 0 Å². The molecule has 0 fully saturated rings. The number of nitrogens with zero attached hydrogens (tertiary/aromatic N) is 2. The van der Waals surface area contributed by atoms with Crippen LogP contribution >= 0.6 is 11.6 Å². The summed E-state index contributed by atoms with van der Waals surface area (Å²) >= 11 is 5.82. The van der Waals surface area contributed by atoms with Crippen molar-refractivity contribution in [3.63, 3.8) is 0 Å². The summed E-state index contributed by atoms with van der Waals surface area (Å²) in [4.78, 5) is 7.70. The fourth-order valence-electron chi connectivity index (χ4n) is 0.923. The van der Waals surface area contributed by atoms with Crippen LogP contribution in [-0.4, -0.2) is 30.5 Å². The average Bonchev–Trinajstić information content (AvgIpc) is 2.17. The predicted octanol–water partition coefficient (Wildman–Crippen LogP) is 1.29. The van der Waals surface area contributed by atoms with E-state index in [4.69, 9.17) is 21.1 Å². The minimum Gasteiger partial charge on any atom is -0.356 e. The highest BCUT2D eigenvalue weighted by Crippen LogP contribution is 2.13. The molecule has 0 bridgehead atoms. The number of methoxy groups -OCH3 is 2. The number of rotatable bonds is 4. The maximum Gasteiger partial charge on any atom is 0.160 e. The first-order chi connectivity index (χ1) is 6.27. The fraction of sp³-hybridized carbons (Fsp3) is 0.500. The van der Waals surface area contributed by atoms with Gasteiger partial charge in [-0.1, -0.05) is 11.6 Å². The zero-order chi connectivity index (χ0) is 9.68. The third kappa shape index (κ3) is 2.91. The summed E-state index contributed by atoms with van der Waals surface area (Å²) in [5.74, 6) is 0. The van der Waals surface area contributed by atoms with Crippen molar-refractivity contribution in [3.05, 3.63) is 23.2 Å². The van der Waals surface area contributed by atoms with Gasteiger partial charge in [0.2, 0.25) is 0 Å². The second kappa shape index (κ2) is 5.11. The molecule has 0 aliphatic rings. The van der Waals surface area contributed by atoms with Crippen molar-refractivity contribution in [1.82, 2.24) is 9.97 Å². The molecule has 0 spiro atoms. The number of hydrogen-bond acceptors (Lipinski definition) is 4. The molecule has 1 aromatic heterocycles. The largest absolute Gasteiger partial charge is 0.356 e. The zero-order valence-electron chi connectivity index (χ0n) is 7.53. The van der Waals surface area contributed by atoms with E-state index < -0.39 is 0 Å². The summed E-state index contributed by atoms with van der Waals surface area (Å²) in [5, 5.41) is 0.439. The number of aromatic nitrogens is 2. The SMILES string of the molecule is COC(Cc1cncnc1Cl)OC. The quantitative estimate of drug-likeness (QED) is 0.545. The van der Waals surface area contributed by atoms with Crippen LogP contribution in [-0.2, 0) is 15.9 Å². The topological polar surface area (TPSA) is 44.2 Å². The van der Waals surface area contributed by atoms with E-state index >= 15 is 0 Å². The number of hydrogen-bond donors (Lipinski definition) is 0. The van der Waals surface area contributed by atoms with Crippen molar-refractivity contribution in [2.24, 2.45) is 0 Å². The van der Waals surface area contributed by atoms with Gasteiger partial charge in [-0.3, -0.25) is 0 Å². The Morgan fingerprint density at radius 3 is 2.69 bits per heavy atom. The van der Waals surface area contributed by atoms with Crippen LogP contribution in [0.25, 0.3) is 0 Å². The Kier molecular flexibility index (Phi) is 4.08. The lowest BCUT2D eigenvalue weighted by Crippen LogP contribution is -2.16. The Labute approximate surface area is 81.9 Å². The molecule has 1 heterocycles. The Balaban J connectivity index is 2.67. The fourth-order valence-corrected chi connectivity index (χ4v) is 1.09. The molecule has 0 atom stereocenters. The Morgan fingerprint density at radius 1 is 1.46 bits per heavy atom. The van der Waals surface area contributed by atoms with Gasteiger partial charge in [0.1, 0.15) is 11.5 Å². The van der Waals surface area contributed by atoms with Gasteiger partial charge >= 0.3 is 0 Å². The minimum atomic E-state index is -0.302. The molecule has 0 saturated heterocycles. The predicted molar refractivity (Wildman–Crippen MR) is 48.6 cm³/mol. The molecular formula is C8H11ClN2O2. The Hall–Kier alpha value is -0.710. The normalized spacial score (nSPS) is 10.8. The van der Waals surface area contributed by atoms with Gasteiger partial charge in [0.25, 0.3) is 0 Å². The van der Waals surface area contributed by atoms with Crippen LogP contribution in [0.1, 0.15) is 5.56 Å². The van der Waals surface area contributed by atoms with E-state index in [1.165, 1.54) is 6.33 Å². The van der Waals surface area contributed by atoms with E-state index in [0.29, 0.717) is 11.6 Å². The van der Waals surface area contributed by atoms with E-state index in [0.717, 1.165) is 5.56 Å². The van der Waals surface area contributed by atoms with E-state index in [1.54, 1.807) is 20.4 Å². The number of halogens is 1. The molecule has 0 aliphatic heterocycles. The van der Waals surface area contributed by atoms with Crippen molar-refractivity contribution >= 4 is 11.6 Å². The van der Waals surface area contributed by atoms with Gasteiger partial charge in [-0.25, -0.2) is 9.97 Å². The summed E-state index contributed by atoms with van der Waals surface area (Å²) in [5.41, 5.74) is 0.817. The van der Waals surface area contributed by atoms with E-state index in [1.807, 2.05) is 0 Å². The van der Waals surface area contributed by atoms with Gasteiger partial charge in [-0.15, -0.1) is 0 Å². The third-order valence-corrected chi connectivity index (χ3v) is 1.99. The van der Waals surface area contributed by atoms with Gasteiger partial charge in [-0.05, 0) is 0 Å². The molecule has 4 nitrogen and oxygen atoms in total. The zero-order valence-corrected chi connectivity index (χ0v) is 8.28. The van der Waals surface area contributed by atoms with E-state index in [2.05, 4.69) is 9.97 Å². The summed E-state index contributed by atoms with van der Waals surface area (Å²) in [6.45, 7) is 0. The van der Waals surface area contributed by atoms with Crippen LogP contribution in [0.15, 0.2) is 12.5 Å². The molecule has 0 amide bonds. The highest BCUT2D eigenvalue weighted by atomic mass is 35.5. The molecule has 0 saturated carbocycles. The summed E-state index contributed by atoms with van der Waals surface area (Å²) < 4.78 is 10.0. The summed E-state index contributed by atoms with van der Waals surface area (Å²) in [7, 11) is 3.15. The smallest absolute Gasteiger partial charge is 0.160 e. The van der Waals surface area contributed by atoms with Crippen molar-refractivity contribution in [2.45, 2.75) is 12.7 Å². The van der Waals surface area contributed by atoms with E-state index in [9.17, 15) is 0 Å². The van der Waals surface area contributed by atoms with Crippen molar-refractivity contribution in [3.8, 4) is 0 Å². The van der Waals surface area contributed by atoms with Gasteiger partial charge < -0.3 is 9.47 Å². The Morgan fingerprint density at radius 2 is 2.15 bits per heavy atom. The van der Waals surface area contributed by atoms with Crippen LogP contribution in [0, 0.1) is 0 Å². The van der Waals surface area contributed by atoms with Crippen molar-refractivity contribution < 1.29 is 9.47 Å². The molecule has 13 heavy (non-hydrogen) atoms. The highest BCUT2D eigenvalue weighted by molar-refractivity contribution is 6.30. The molecule has 0 N–H and O–H groups in total. The van der Waals surface area contributed by atoms with Crippen LogP contribution in [0.2, 0.25) is 5.15 Å². The average molecular weight is 203 g/mol. The third-order valence-electron chi connectivity index (χ3n) is 1.65. The van der Waals surface area contributed by atoms with Gasteiger partial charge in [0.05, 0.1) is 0 Å². The molecule has 72 valence electrons. The number of ether oxygens (including phenoxy) is 2. The van der Waals surface area contributed by atoms with Crippen LogP contribution in [0.3, 0.4) is 0 Å². The molecule has 1 aromatic rings. The lowest BCUT2D eigenvalue weighted by atomic mass is 10.2. The van der Waals surface area contributed by atoms with Gasteiger partial charge in [0.15, 0.2) is 6.29 Å². The molecular weight excluding hydrogens is 192 g/mol. The first-order valence-corrected chi connectivity index (χ1v) is 4.15. The maximum absolute atomic E-state index is 5.82. The molecule has 5 heteroatoms. The second-order valence-electron chi connectivity index (χ2n) is 2.44. The maximum atomic E-state index is 5.82. The lowest BCUT2D eigenvalue weighted by molar-refractivity contribution is -0.100. The first kappa shape index (κ1) is 10.4.